The molecule has 7 nitrogen and oxygen atoms in total. The molecule has 0 saturated carbocycles. The van der Waals surface area contributed by atoms with Crippen LogP contribution in [0.25, 0.3) is 11.3 Å². The molecule has 0 radical (unpaired) electrons. The molecule has 0 unspecified atom stereocenters. The molecule has 1 fully saturated rings. The maximum Gasteiger partial charge on any atom is 0.227 e. The second-order valence-corrected chi connectivity index (χ2v) is 10.1. The fourth-order valence-electron chi connectivity index (χ4n) is 5.33. The summed E-state index contributed by atoms with van der Waals surface area (Å²) in [5.74, 6) is -1.72. The number of rotatable bonds is 5. The van der Waals surface area contributed by atoms with Gasteiger partial charge in [0.05, 0.1) is 11.9 Å². The van der Waals surface area contributed by atoms with E-state index in [1.165, 1.54) is 24.0 Å². The van der Waals surface area contributed by atoms with Crippen molar-refractivity contribution in [1.29, 1.82) is 0 Å². The number of nitrogens with zero attached hydrogens (tertiary/aromatic N) is 4. The van der Waals surface area contributed by atoms with Gasteiger partial charge in [-0.3, -0.25) is 4.79 Å². The van der Waals surface area contributed by atoms with Gasteiger partial charge in [0, 0.05) is 37.3 Å². The minimum atomic E-state index is -0.724. The first-order valence-electron chi connectivity index (χ1n) is 12.9. The van der Waals surface area contributed by atoms with E-state index < -0.39 is 11.6 Å². The number of amides is 1. The number of aromatic nitrogens is 2. The lowest BCUT2D eigenvalue weighted by Crippen LogP contribution is -2.46. The van der Waals surface area contributed by atoms with Crippen molar-refractivity contribution in [1.82, 2.24) is 15.3 Å². The number of halogens is 3. The molecule has 0 aliphatic carbocycles. The Bertz CT molecular complexity index is 1360. The molecular weight excluding hydrogens is 493 g/mol. The van der Waals surface area contributed by atoms with Crippen LogP contribution in [0, 0.1) is 17.5 Å². The normalized spacial score (nSPS) is 16.1. The van der Waals surface area contributed by atoms with Crippen molar-refractivity contribution < 1.29 is 18.0 Å². The van der Waals surface area contributed by atoms with Gasteiger partial charge in [0.15, 0.2) is 5.82 Å². The van der Waals surface area contributed by atoms with Gasteiger partial charge in [0.2, 0.25) is 11.9 Å². The SMILES string of the molecule is CC(=O)N1CCN(C(C)C)c2cc(-c3nc(Nc4ccc(C5CCNCC5)c(F)c4)ncc3F)cc(F)c21. The van der Waals surface area contributed by atoms with E-state index in [2.05, 4.69) is 20.6 Å². The lowest BCUT2D eigenvalue weighted by atomic mass is 9.90. The van der Waals surface area contributed by atoms with Gasteiger partial charge in [0.25, 0.3) is 0 Å². The van der Waals surface area contributed by atoms with Gasteiger partial charge in [-0.15, -0.1) is 0 Å². The summed E-state index contributed by atoms with van der Waals surface area (Å²) >= 11 is 0. The smallest absolute Gasteiger partial charge is 0.227 e. The molecule has 10 heteroatoms. The highest BCUT2D eigenvalue weighted by Crippen LogP contribution is 2.40. The van der Waals surface area contributed by atoms with Crippen molar-refractivity contribution in [3.63, 3.8) is 0 Å². The minimum absolute atomic E-state index is 0.0349. The lowest BCUT2D eigenvalue weighted by molar-refractivity contribution is -0.116. The predicted molar refractivity (Wildman–Crippen MR) is 142 cm³/mol. The maximum atomic E-state index is 15.4. The van der Waals surface area contributed by atoms with Crippen LogP contribution in [0.3, 0.4) is 0 Å². The Hall–Kier alpha value is -3.66. The minimum Gasteiger partial charge on any atom is -0.366 e. The first kappa shape index (κ1) is 26.0. The van der Waals surface area contributed by atoms with E-state index in [1.807, 2.05) is 18.7 Å². The first-order valence-corrected chi connectivity index (χ1v) is 12.9. The van der Waals surface area contributed by atoms with Crippen LogP contribution in [0.15, 0.2) is 36.5 Å². The zero-order valence-electron chi connectivity index (χ0n) is 21.7. The van der Waals surface area contributed by atoms with Crippen molar-refractivity contribution in [2.45, 2.75) is 45.6 Å². The second kappa shape index (κ2) is 10.6. The molecule has 1 amide bonds. The predicted octanol–water partition coefficient (Wildman–Crippen LogP) is 5.35. The molecule has 3 aromatic rings. The number of hydrogen-bond acceptors (Lipinski definition) is 6. The van der Waals surface area contributed by atoms with Crippen LogP contribution in [0.2, 0.25) is 0 Å². The Morgan fingerprint density at radius 1 is 1.05 bits per heavy atom. The summed E-state index contributed by atoms with van der Waals surface area (Å²) in [6.45, 7) is 7.95. The monoisotopic (exact) mass is 524 g/mol. The molecule has 38 heavy (non-hydrogen) atoms. The number of nitrogens with one attached hydrogen (secondary N) is 2. The average Bonchev–Trinajstić information content (AvgIpc) is 2.89. The summed E-state index contributed by atoms with van der Waals surface area (Å²) in [5, 5.41) is 6.22. The Kier molecular flexibility index (Phi) is 7.25. The summed E-state index contributed by atoms with van der Waals surface area (Å²) in [7, 11) is 0. The van der Waals surface area contributed by atoms with Crippen LogP contribution in [-0.2, 0) is 4.79 Å². The van der Waals surface area contributed by atoms with Crippen LogP contribution in [0.1, 0.15) is 45.1 Å². The Morgan fingerprint density at radius 2 is 1.82 bits per heavy atom. The van der Waals surface area contributed by atoms with Gasteiger partial charge in [-0.25, -0.2) is 23.1 Å². The molecule has 1 aromatic heterocycles. The van der Waals surface area contributed by atoms with Crippen LogP contribution >= 0.6 is 0 Å². The number of fused-ring (bicyclic) bond motifs is 1. The van der Waals surface area contributed by atoms with Gasteiger partial charge >= 0.3 is 0 Å². The van der Waals surface area contributed by atoms with Crippen molar-refractivity contribution in [2.75, 3.05) is 41.3 Å². The van der Waals surface area contributed by atoms with Crippen LogP contribution in [0.4, 0.5) is 36.2 Å². The first-order chi connectivity index (χ1) is 18.2. The molecule has 2 aliphatic rings. The number of carbonyl (C=O) groups excluding carboxylic acids is 1. The van der Waals surface area contributed by atoms with Gasteiger partial charge < -0.3 is 20.4 Å². The summed E-state index contributed by atoms with van der Waals surface area (Å²) in [4.78, 5) is 23.9. The zero-order chi connectivity index (χ0) is 27.0. The fraction of sp³-hybridized carbons (Fsp3) is 0.393. The molecule has 0 spiro atoms. The van der Waals surface area contributed by atoms with Gasteiger partial charge in [-0.1, -0.05) is 6.07 Å². The highest BCUT2D eigenvalue weighted by Gasteiger charge is 2.30. The number of piperidine rings is 1. The molecule has 2 aliphatic heterocycles. The Morgan fingerprint density at radius 3 is 2.50 bits per heavy atom. The summed E-state index contributed by atoms with van der Waals surface area (Å²) < 4.78 is 45.3. The third-order valence-corrected chi connectivity index (χ3v) is 7.24. The molecule has 2 N–H and O–H groups in total. The molecule has 3 heterocycles. The summed E-state index contributed by atoms with van der Waals surface area (Å²) in [6.07, 6.45) is 2.76. The van der Waals surface area contributed by atoms with Crippen LogP contribution in [0.5, 0.6) is 0 Å². The van der Waals surface area contributed by atoms with E-state index in [0.29, 0.717) is 30.0 Å². The third-order valence-electron chi connectivity index (χ3n) is 7.24. The van der Waals surface area contributed by atoms with E-state index in [1.54, 1.807) is 18.2 Å². The largest absolute Gasteiger partial charge is 0.366 e. The molecule has 2 aromatic carbocycles. The quantitative estimate of drug-likeness (QED) is 0.469. The van der Waals surface area contributed by atoms with E-state index in [4.69, 9.17) is 0 Å². The van der Waals surface area contributed by atoms with Gasteiger partial charge in [-0.05, 0) is 75.5 Å². The Balaban J connectivity index is 1.47. The maximum absolute atomic E-state index is 15.4. The topological polar surface area (TPSA) is 73.4 Å². The average molecular weight is 525 g/mol. The number of hydrogen-bond donors (Lipinski definition) is 2. The highest BCUT2D eigenvalue weighted by molar-refractivity contribution is 5.97. The number of benzene rings is 2. The van der Waals surface area contributed by atoms with E-state index in [-0.39, 0.29) is 46.6 Å². The van der Waals surface area contributed by atoms with E-state index >= 15 is 4.39 Å². The fourth-order valence-corrected chi connectivity index (χ4v) is 5.33. The lowest BCUT2D eigenvalue weighted by Gasteiger charge is -2.40. The zero-order valence-corrected chi connectivity index (χ0v) is 21.7. The summed E-state index contributed by atoms with van der Waals surface area (Å²) in [5.41, 5.74) is 1.90. The van der Waals surface area contributed by atoms with E-state index in [9.17, 15) is 13.6 Å². The molecule has 5 rings (SSSR count). The number of carbonyl (C=O) groups is 1. The van der Waals surface area contributed by atoms with Crippen LogP contribution < -0.4 is 20.4 Å². The molecule has 200 valence electrons. The third kappa shape index (κ3) is 5.05. The van der Waals surface area contributed by atoms with Crippen molar-refractivity contribution in [3.05, 3.63) is 59.5 Å². The molecule has 0 bridgehead atoms. The van der Waals surface area contributed by atoms with Crippen molar-refractivity contribution in [3.8, 4) is 11.3 Å². The van der Waals surface area contributed by atoms with Gasteiger partial charge in [0.1, 0.15) is 23.0 Å². The molecular formula is C28H31F3N6O. The van der Waals surface area contributed by atoms with Crippen molar-refractivity contribution >= 4 is 28.9 Å². The van der Waals surface area contributed by atoms with Crippen LogP contribution in [-0.4, -0.2) is 48.1 Å². The number of anilines is 4. The summed E-state index contributed by atoms with van der Waals surface area (Å²) in [6, 6.07) is 7.77. The standard InChI is InChI=1S/C28H31F3N6O/c1-16(2)36-10-11-37(17(3)38)27-23(30)12-19(13-25(27)36)26-24(31)15-33-28(35-26)34-20-4-5-21(22(29)14-20)18-6-8-32-9-7-18/h4-5,12-16,18,32H,6-11H2,1-3H3,(H,33,34,35). The second-order valence-electron chi connectivity index (χ2n) is 10.1. The van der Waals surface area contributed by atoms with E-state index in [0.717, 1.165) is 32.1 Å². The highest BCUT2D eigenvalue weighted by atomic mass is 19.1. The van der Waals surface area contributed by atoms with Gasteiger partial charge in [-0.2, -0.15) is 0 Å². The van der Waals surface area contributed by atoms with Crippen molar-refractivity contribution in [2.24, 2.45) is 0 Å². The molecule has 0 atom stereocenters. The Labute approximate surface area is 220 Å². The molecule has 1 saturated heterocycles.